The van der Waals surface area contributed by atoms with Gasteiger partial charge in [0.25, 0.3) is 5.91 Å². The lowest BCUT2D eigenvalue weighted by Crippen LogP contribution is -2.38. The Kier molecular flexibility index (Phi) is 3.63. The summed E-state index contributed by atoms with van der Waals surface area (Å²) < 4.78 is 16.9. The molecule has 6 nitrogen and oxygen atoms in total. The van der Waals surface area contributed by atoms with E-state index in [9.17, 15) is 9.18 Å². The number of aromatic nitrogens is 4. The highest BCUT2D eigenvalue weighted by molar-refractivity contribution is 5.93. The van der Waals surface area contributed by atoms with Gasteiger partial charge in [0.15, 0.2) is 5.69 Å². The van der Waals surface area contributed by atoms with Crippen LogP contribution in [0.15, 0.2) is 36.5 Å². The normalized spacial score (nSPS) is 13.8. The number of carbonyl (C=O) groups excluding carboxylic acids is 1. The topological polar surface area (TPSA) is 56.0 Å². The number of carbonyl (C=O) groups is 1. The zero-order chi connectivity index (χ0) is 17.6. The molecule has 3 aromatic rings. The van der Waals surface area contributed by atoms with Crippen molar-refractivity contribution in [1.82, 2.24) is 24.2 Å². The Morgan fingerprint density at radius 3 is 2.72 bits per heavy atom. The lowest BCUT2D eigenvalue weighted by Gasteiger charge is -2.27. The molecule has 0 radical (unpaired) electrons. The second kappa shape index (κ2) is 5.84. The molecule has 1 amide bonds. The lowest BCUT2D eigenvalue weighted by molar-refractivity contribution is 0.0700. The van der Waals surface area contributed by atoms with E-state index in [1.165, 1.54) is 12.1 Å². The molecule has 0 unspecified atom stereocenters. The average molecular weight is 339 g/mol. The molecule has 0 aliphatic carbocycles. The number of nitrogens with zero attached hydrogens (tertiary/aromatic N) is 5. The van der Waals surface area contributed by atoms with Gasteiger partial charge in [-0.1, -0.05) is 0 Å². The van der Waals surface area contributed by atoms with Crippen molar-refractivity contribution < 1.29 is 9.18 Å². The third kappa shape index (κ3) is 2.71. The fourth-order valence-electron chi connectivity index (χ4n) is 3.21. The monoisotopic (exact) mass is 339 g/mol. The maximum Gasteiger partial charge on any atom is 0.274 e. The van der Waals surface area contributed by atoms with Crippen LogP contribution >= 0.6 is 0 Å². The zero-order valence-electron chi connectivity index (χ0n) is 14.1. The summed E-state index contributed by atoms with van der Waals surface area (Å²) in [6, 6.07) is 7.91. The summed E-state index contributed by atoms with van der Waals surface area (Å²) in [5.41, 5.74) is 3.09. The van der Waals surface area contributed by atoms with Crippen molar-refractivity contribution in [1.29, 1.82) is 0 Å². The van der Waals surface area contributed by atoms with Crippen molar-refractivity contribution >= 4 is 5.91 Å². The van der Waals surface area contributed by atoms with Crippen LogP contribution in [-0.4, -0.2) is 36.7 Å². The van der Waals surface area contributed by atoms with Crippen LogP contribution in [0.1, 0.15) is 22.0 Å². The highest BCUT2D eigenvalue weighted by Crippen LogP contribution is 2.22. The molecule has 0 N–H and O–H groups in total. The van der Waals surface area contributed by atoms with Crippen LogP contribution in [0.25, 0.3) is 11.3 Å². The third-order valence-electron chi connectivity index (χ3n) is 4.59. The number of hydrogen-bond acceptors (Lipinski definition) is 3. The largest absolute Gasteiger partial charge is 0.329 e. The molecule has 25 heavy (non-hydrogen) atoms. The van der Waals surface area contributed by atoms with Gasteiger partial charge in [0.1, 0.15) is 11.6 Å². The highest BCUT2D eigenvalue weighted by Gasteiger charge is 2.25. The lowest BCUT2D eigenvalue weighted by atomic mass is 10.1. The first-order valence-electron chi connectivity index (χ1n) is 8.13. The van der Waals surface area contributed by atoms with Gasteiger partial charge in [-0.15, -0.1) is 0 Å². The molecule has 3 heterocycles. The van der Waals surface area contributed by atoms with Crippen LogP contribution in [0.5, 0.6) is 0 Å². The van der Waals surface area contributed by atoms with E-state index in [0.717, 1.165) is 29.3 Å². The number of amides is 1. The molecule has 0 spiro atoms. The Labute approximate surface area is 144 Å². The van der Waals surface area contributed by atoms with Crippen molar-refractivity contribution in [2.45, 2.75) is 20.0 Å². The predicted octanol–water partition coefficient (Wildman–Crippen LogP) is 2.39. The molecule has 1 aromatic carbocycles. The van der Waals surface area contributed by atoms with Gasteiger partial charge in [0.2, 0.25) is 0 Å². The molecule has 0 fully saturated rings. The molecule has 0 saturated heterocycles. The number of benzene rings is 1. The quantitative estimate of drug-likeness (QED) is 0.720. The molecule has 0 bridgehead atoms. The summed E-state index contributed by atoms with van der Waals surface area (Å²) in [6.07, 6.45) is 1.83. The van der Waals surface area contributed by atoms with E-state index in [1.807, 2.05) is 13.1 Å². The molecular formula is C18H18FN5O. The molecular weight excluding hydrogens is 321 g/mol. The molecule has 7 heteroatoms. The summed E-state index contributed by atoms with van der Waals surface area (Å²) in [7, 11) is 1.78. The minimum atomic E-state index is -0.290. The van der Waals surface area contributed by atoms with E-state index in [4.69, 9.17) is 0 Å². The number of imidazole rings is 1. The van der Waals surface area contributed by atoms with E-state index >= 15 is 0 Å². The summed E-state index contributed by atoms with van der Waals surface area (Å²) in [5, 5.41) is 4.35. The van der Waals surface area contributed by atoms with Gasteiger partial charge < -0.3 is 9.47 Å². The van der Waals surface area contributed by atoms with Crippen LogP contribution in [0.4, 0.5) is 4.39 Å². The van der Waals surface area contributed by atoms with Gasteiger partial charge in [0, 0.05) is 32.0 Å². The summed E-state index contributed by atoms with van der Waals surface area (Å²) in [4.78, 5) is 19.0. The van der Waals surface area contributed by atoms with Crippen LogP contribution in [0, 0.1) is 12.7 Å². The third-order valence-corrected chi connectivity index (χ3v) is 4.59. The Bertz CT molecular complexity index is 941. The molecule has 4 rings (SSSR count). The number of aryl methyl sites for hydroxylation is 2. The van der Waals surface area contributed by atoms with E-state index in [1.54, 1.807) is 34.8 Å². The second-order valence-corrected chi connectivity index (χ2v) is 6.24. The zero-order valence-corrected chi connectivity index (χ0v) is 14.1. The van der Waals surface area contributed by atoms with Crippen LogP contribution in [0.3, 0.4) is 0 Å². The average Bonchev–Trinajstić information content (AvgIpc) is 3.18. The number of halogens is 1. The van der Waals surface area contributed by atoms with Crippen molar-refractivity contribution in [3.63, 3.8) is 0 Å². The SMILES string of the molecule is Cc1cnc2n1CCN(C(=O)c1cc(-c3ccc(F)cc3)n(C)n1)C2. The fourth-order valence-corrected chi connectivity index (χ4v) is 3.21. The van der Waals surface area contributed by atoms with Crippen molar-refractivity contribution in [2.24, 2.45) is 7.05 Å². The van der Waals surface area contributed by atoms with Crippen molar-refractivity contribution in [3.05, 3.63) is 59.6 Å². The van der Waals surface area contributed by atoms with E-state index in [-0.39, 0.29) is 11.7 Å². The molecule has 1 aliphatic heterocycles. The van der Waals surface area contributed by atoms with E-state index in [2.05, 4.69) is 14.6 Å². The van der Waals surface area contributed by atoms with Crippen molar-refractivity contribution in [3.8, 4) is 11.3 Å². The van der Waals surface area contributed by atoms with E-state index in [0.29, 0.717) is 18.8 Å². The molecule has 2 aromatic heterocycles. The van der Waals surface area contributed by atoms with Gasteiger partial charge in [-0.05, 0) is 42.8 Å². The van der Waals surface area contributed by atoms with E-state index < -0.39 is 0 Å². The Balaban J connectivity index is 1.59. The number of hydrogen-bond donors (Lipinski definition) is 0. The highest BCUT2D eigenvalue weighted by atomic mass is 19.1. The van der Waals surface area contributed by atoms with Gasteiger partial charge in [-0.25, -0.2) is 9.37 Å². The van der Waals surface area contributed by atoms with Gasteiger partial charge in [-0.2, -0.15) is 5.10 Å². The fraction of sp³-hybridized carbons (Fsp3) is 0.278. The van der Waals surface area contributed by atoms with Gasteiger partial charge >= 0.3 is 0 Å². The van der Waals surface area contributed by atoms with Crippen molar-refractivity contribution in [2.75, 3.05) is 6.54 Å². The second-order valence-electron chi connectivity index (χ2n) is 6.24. The first-order valence-corrected chi connectivity index (χ1v) is 8.13. The summed E-state index contributed by atoms with van der Waals surface area (Å²) in [6.45, 7) is 3.87. The van der Waals surface area contributed by atoms with Gasteiger partial charge in [0.05, 0.1) is 12.2 Å². The van der Waals surface area contributed by atoms with Crippen LogP contribution < -0.4 is 0 Å². The Morgan fingerprint density at radius 2 is 1.96 bits per heavy atom. The minimum Gasteiger partial charge on any atom is -0.329 e. The first-order chi connectivity index (χ1) is 12.0. The molecule has 0 saturated carbocycles. The maximum atomic E-state index is 13.1. The maximum absolute atomic E-state index is 13.1. The van der Waals surface area contributed by atoms with Gasteiger partial charge in [-0.3, -0.25) is 9.48 Å². The Hall–Kier alpha value is -2.96. The summed E-state index contributed by atoms with van der Waals surface area (Å²) >= 11 is 0. The van der Waals surface area contributed by atoms with Crippen LogP contribution in [-0.2, 0) is 20.1 Å². The molecule has 0 atom stereocenters. The minimum absolute atomic E-state index is 0.115. The predicted molar refractivity (Wildman–Crippen MR) is 90.3 cm³/mol. The molecule has 1 aliphatic rings. The van der Waals surface area contributed by atoms with Crippen LogP contribution in [0.2, 0.25) is 0 Å². The molecule has 128 valence electrons. The number of fused-ring (bicyclic) bond motifs is 1. The number of rotatable bonds is 2. The Morgan fingerprint density at radius 1 is 1.20 bits per heavy atom. The summed E-state index contributed by atoms with van der Waals surface area (Å²) in [5.74, 6) is 0.490. The smallest absolute Gasteiger partial charge is 0.274 e. The standard InChI is InChI=1S/C18H18FN5O/c1-12-10-20-17-11-23(7-8-24(12)17)18(25)15-9-16(22(2)21-15)13-3-5-14(19)6-4-13/h3-6,9-10H,7-8,11H2,1-2H3. The first kappa shape index (κ1) is 15.6.